The second kappa shape index (κ2) is 5.73. The first kappa shape index (κ1) is 14.5. The van der Waals surface area contributed by atoms with Crippen molar-refractivity contribution in [3.63, 3.8) is 0 Å². The normalized spacial score (nSPS) is 10.7. The van der Waals surface area contributed by atoms with Crippen LogP contribution in [0.5, 0.6) is 0 Å². The number of thiazole rings is 1. The van der Waals surface area contributed by atoms with Crippen molar-refractivity contribution in [2.45, 2.75) is 20.8 Å². The van der Waals surface area contributed by atoms with Crippen LogP contribution < -0.4 is 5.32 Å². The minimum absolute atomic E-state index is 0.0708. The van der Waals surface area contributed by atoms with Gasteiger partial charge in [-0.15, -0.1) is 11.3 Å². The van der Waals surface area contributed by atoms with Gasteiger partial charge < -0.3 is 10.3 Å². The van der Waals surface area contributed by atoms with E-state index in [1.165, 1.54) is 11.3 Å². The van der Waals surface area contributed by atoms with Gasteiger partial charge in [0.05, 0.1) is 17.6 Å². The molecule has 0 unspecified atom stereocenters. The van der Waals surface area contributed by atoms with Crippen molar-refractivity contribution in [1.82, 2.24) is 15.0 Å². The van der Waals surface area contributed by atoms with Gasteiger partial charge in [-0.2, -0.15) is 0 Å². The van der Waals surface area contributed by atoms with Crippen molar-refractivity contribution < 1.29 is 4.79 Å². The topological polar surface area (TPSA) is 70.7 Å². The molecule has 0 atom stereocenters. The largest absolute Gasteiger partial charge is 0.356 e. The quantitative estimate of drug-likeness (QED) is 0.712. The van der Waals surface area contributed by atoms with Gasteiger partial charge in [0.25, 0.3) is 0 Å². The molecule has 22 heavy (non-hydrogen) atoms. The molecule has 6 heteroatoms. The van der Waals surface area contributed by atoms with E-state index in [1.807, 2.05) is 31.4 Å². The molecule has 0 aliphatic rings. The van der Waals surface area contributed by atoms with Crippen molar-refractivity contribution in [1.29, 1.82) is 0 Å². The Morgan fingerprint density at radius 2 is 2.18 bits per heavy atom. The molecule has 0 aliphatic carbocycles. The van der Waals surface area contributed by atoms with Gasteiger partial charge in [-0.1, -0.05) is 0 Å². The first-order valence-corrected chi connectivity index (χ1v) is 7.77. The highest BCUT2D eigenvalue weighted by atomic mass is 32.1. The molecule has 0 fully saturated rings. The third kappa shape index (κ3) is 2.65. The maximum Gasteiger partial charge on any atom is 0.187 e. The summed E-state index contributed by atoms with van der Waals surface area (Å²) in [4.78, 5) is 23.6. The Kier molecular flexibility index (Phi) is 3.77. The third-order valence-electron chi connectivity index (χ3n) is 3.46. The number of hydrogen-bond donors (Lipinski definition) is 2. The molecule has 0 saturated carbocycles. The predicted molar refractivity (Wildman–Crippen MR) is 88.9 cm³/mol. The zero-order valence-electron chi connectivity index (χ0n) is 12.6. The fraction of sp³-hybridized carbons (Fsp3) is 0.188. The average molecular weight is 312 g/mol. The second-order valence-corrected chi connectivity index (χ2v) is 5.94. The number of ketones is 1. The van der Waals surface area contributed by atoms with Crippen LogP contribution in [0, 0.1) is 13.8 Å². The van der Waals surface area contributed by atoms with Gasteiger partial charge in [0.2, 0.25) is 0 Å². The van der Waals surface area contributed by atoms with Crippen LogP contribution in [0.4, 0.5) is 10.8 Å². The fourth-order valence-electron chi connectivity index (χ4n) is 2.54. The van der Waals surface area contributed by atoms with Crippen LogP contribution in [0.15, 0.2) is 29.9 Å². The number of carbonyl (C=O) groups excluding carboxylic acids is 1. The van der Waals surface area contributed by atoms with Crippen molar-refractivity contribution in [3.05, 3.63) is 46.7 Å². The number of hydrogen-bond acceptors (Lipinski definition) is 5. The standard InChI is InChI=1S/C16H16N4OS/c1-9-14(11(3)21)10(2)18-15(9)13-8-22-16(20-13)19-12-5-4-6-17-7-12/h4-8,18H,1-3H3,(H,19,20). The number of H-pyrrole nitrogens is 1. The minimum atomic E-state index is 0.0708. The Bertz CT molecular complexity index is 820. The summed E-state index contributed by atoms with van der Waals surface area (Å²) in [5.41, 5.74) is 5.22. The predicted octanol–water partition coefficient (Wildman–Crippen LogP) is 4.10. The molecule has 0 radical (unpaired) electrons. The summed E-state index contributed by atoms with van der Waals surface area (Å²) in [6.45, 7) is 5.45. The Balaban J connectivity index is 1.91. The van der Waals surface area contributed by atoms with Crippen molar-refractivity contribution in [3.8, 4) is 11.4 Å². The molecule has 0 spiro atoms. The molecule has 3 rings (SSSR count). The molecular weight excluding hydrogens is 296 g/mol. The summed E-state index contributed by atoms with van der Waals surface area (Å²) in [5.74, 6) is 0.0708. The van der Waals surface area contributed by atoms with Gasteiger partial charge >= 0.3 is 0 Å². The van der Waals surface area contributed by atoms with E-state index < -0.39 is 0 Å². The molecule has 3 aromatic heterocycles. The van der Waals surface area contributed by atoms with Crippen molar-refractivity contribution >= 4 is 27.9 Å². The minimum Gasteiger partial charge on any atom is -0.356 e. The third-order valence-corrected chi connectivity index (χ3v) is 4.22. The van der Waals surface area contributed by atoms with E-state index in [9.17, 15) is 4.79 Å². The Morgan fingerprint density at radius 3 is 2.82 bits per heavy atom. The molecule has 3 heterocycles. The van der Waals surface area contributed by atoms with Gasteiger partial charge in [0, 0.05) is 22.8 Å². The van der Waals surface area contributed by atoms with Crippen LogP contribution in [0.2, 0.25) is 0 Å². The Hall–Kier alpha value is -2.47. The average Bonchev–Trinajstić information content (AvgIpc) is 3.04. The fourth-order valence-corrected chi connectivity index (χ4v) is 3.26. The molecule has 112 valence electrons. The van der Waals surface area contributed by atoms with Crippen LogP contribution in [-0.4, -0.2) is 20.7 Å². The number of nitrogens with one attached hydrogen (secondary N) is 2. The lowest BCUT2D eigenvalue weighted by molar-refractivity contribution is 0.101. The summed E-state index contributed by atoms with van der Waals surface area (Å²) in [6, 6.07) is 3.81. The summed E-state index contributed by atoms with van der Waals surface area (Å²) in [6.07, 6.45) is 3.48. The molecule has 0 bridgehead atoms. The van der Waals surface area contributed by atoms with Crippen molar-refractivity contribution in [2.24, 2.45) is 0 Å². The van der Waals surface area contributed by atoms with Gasteiger partial charge in [0.1, 0.15) is 5.69 Å². The smallest absolute Gasteiger partial charge is 0.187 e. The monoisotopic (exact) mass is 312 g/mol. The Morgan fingerprint density at radius 1 is 1.36 bits per heavy atom. The molecule has 0 aliphatic heterocycles. The highest BCUT2D eigenvalue weighted by Crippen LogP contribution is 2.31. The summed E-state index contributed by atoms with van der Waals surface area (Å²) in [5, 5.41) is 5.99. The van der Waals surface area contributed by atoms with Crippen LogP contribution in [0.3, 0.4) is 0 Å². The van der Waals surface area contributed by atoms with E-state index in [1.54, 1.807) is 19.3 Å². The zero-order valence-corrected chi connectivity index (χ0v) is 13.4. The number of pyridine rings is 1. The van der Waals surface area contributed by atoms with E-state index in [-0.39, 0.29) is 5.78 Å². The SMILES string of the molecule is CC(=O)c1c(C)[nH]c(-c2csc(Nc3cccnc3)n2)c1C. The lowest BCUT2D eigenvalue weighted by atomic mass is 10.1. The van der Waals surface area contributed by atoms with E-state index in [2.05, 4.69) is 20.3 Å². The molecular formula is C16H16N4OS. The van der Waals surface area contributed by atoms with Crippen LogP contribution in [0.1, 0.15) is 28.5 Å². The van der Waals surface area contributed by atoms with Gasteiger partial charge in [0.15, 0.2) is 10.9 Å². The number of aromatic nitrogens is 3. The first-order valence-electron chi connectivity index (χ1n) is 6.89. The number of aromatic amines is 1. The molecule has 2 N–H and O–H groups in total. The molecule has 0 saturated heterocycles. The maximum absolute atomic E-state index is 11.7. The number of anilines is 2. The van der Waals surface area contributed by atoms with Gasteiger partial charge in [-0.05, 0) is 38.5 Å². The summed E-state index contributed by atoms with van der Waals surface area (Å²) >= 11 is 1.52. The molecule has 3 aromatic rings. The van der Waals surface area contributed by atoms with E-state index in [0.717, 1.165) is 39.0 Å². The first-order chi connectivity index (χ1) is 10.6. The van der Waals surface area contributed by atoms with E-state index in [4.69, 9.17) is 0 Å². The molecule has 0 amide bonds. The number of aryl methyl sites for hydroxylation is 1. The van der Waals surface area contributed by atoms with Crippen LogP contribution in [-0.2, 0) is 0 Å². The van der Waals surface area contributed by atoms with Crippen molar-refractivity contribution in [2.75, 3.05) is 5.32 Å². The number of nitrogens with zero attached hydrogens (tertiary/aromatic N) is 2. The van der Waals surface area contributed by atoms with Crippen LogP contribution >= 0.6 is 11.3 Å². The Labute approximate surface area is 132 Å². The highest BCUT2D eigenvalue weighted by molar-refractivity contribution is 7.14. The molecule has 0 aromatic carbocycles. The van der Waals surface area contributed by atoms with E-state index >= 15 is 0 Å². The lowest BCUT2D eigenvalue weighted by Gasteiger charge is -2.00. The summed E-state index contributed by atoms with van der Waals surface area (Å²) in [7, 11) is 0. The zero-order chi connectivity index (χ0) is 15.7. The number of carbonyl (C=O) groups is 1. The van der Waals surface area contributed by atoms with Gasteiger partial charge in [-0.25, -0.2) is 4.98 Å². The second-order valence-electron chi connectivity index (χ2n) is 5.09. The van der Waals surface area contributed by atoms with E-state index in [0.29, 0.717) is 0 Å². The van der Waals surface area contributed by atoms with Crippen LogP contribution in [0.25, 0.3) is 11.4 Å². The number of Topliss-reactive ketones (excluding diaryl/α,β-unsaturated/α-hetero) is 1. The van der Waals surface area contributed by atoms with Gasteiger partial charge in [-0.3, -0.25) is 9.78 Å². The lowest BCUT2D eigenvalue weighted by Crippen LogP contribution is -1.95. The molecule has 5 nitrogen and oxygen atoms in total. The maximum atomic E-state index is 11.7. The summed E-state index contributed by atoms with van der Waals surface area (Å²) < 4.78 is 0. The number of rotatable bonds is 4. The highest BCUT2D eigenvalue weighted by Gasteiger charge is 2.17.